The van der Waals surface area contributed by atoms with Crippen molar-refractivity contribution >= 4 is 27.2 Å². The van der Waals surface area contributed by atoms with Crippen LogP contribution in [0.1, 0.15) is 17.0 Å². The van der Waals surface area contributed by atoms with Crippen molar-refractivity contribution in [3.63, 3.8) is 0 Å². The van der Waals surface area contributed by atoms with Crippen LogP contribution in [0.2, 0.25) is 0 Å². The van der Waals surface area contributed by atoms with E-state index in [1.807, 2.05) is 0 Å². The Balaban J connectivity index is 1.63. The number of benzene rings is 1. The van der Waals surface area contributed by atoms with Gasteiger partial charge >= 0.3 is 6.18 Å². The first-order valence-corrected chi connectivity index (χ1v) is 11.1. The third-order valence-electron chi connectivity index (χ3n) is 5.21. The highest BCUT2D eigenvalue weighted by Gasteiger charge is 2.36. The molecule has 0 amide bonds. The predicted molar refractivity (Wildman–Crippen MR) is 113 cm³/mol. The Morgan fingerprint density at radius 1 is 1.16 bits per heavy atom. The van der Waals surface area contributed by atoms with Gasteiger partial charge in [0.2, 0.25) is 10.0 Å². The summed E-state index contributed by atoms with van der Waals surface area (Å²) >= 11 is 0. The molecule has 0 aliphatic carbocycles. The number of alkyl halides is 3. The van der Waals surface area contributed by atoms with E-state index in [0.29, 0.717) is 18.7 Å². The third-order valence-corrected chi connectivity index (χ3v) is 7.04. The number of aromatic amines is 1. The summed E-state index contributed by atoms with van der Waals surface area (Å²) in [5.41, 5.74) is 1.33. The van der Waals surface area contributed by atoms with Crippen molar-refractivity contribution in [1.29, 1.82) is 0 Å². The average molecular weight is 466 g/mol. The second-order valence-corrected chi connectivity index (χ2v) is 9.67. The van der Waals surface area contributed by atoms with Crippen LogP contribution in [-0.4, -0.2) is 48.3 Å². The highest BCUT2D eigenvalue weighted by atomic mass is 32.2. The lowest BCUT2D eigenvalue weighted by Gasteiger charge is -2.30. The average Bonchev–Trinajstić information content (AvgIpc) is 3.21. The molecule has 4 rings (SSSR count). The van der Waals surface area contributed by atoms with Gasteiger partial charge in [0, 0.05) is 45.0 Å². The molecule has 3 heterocycles. The SMILES string of the molecule is CN(C)S(=O)(=O)c1ccc(Nc2cc(N3CCc4nc[nH]c4C3)c(C(F)(F)F)cn2)cc1. The lowest BCUT2D eigenvalue weighted by atomic mass is 10.1. The standard InChI is InChI=1S/C20H21F3N6O2S/c1-28(2)32(30,31)14-5-3-13(4-6-14)27-19-9-18(15(10-24-19)20(21,22)23)29-8-7-16-17(11-29)26-12-25-16/h3-6,9-10,12H,7-8,11H2,1-2H3,(H,24,27)(H,25,26). The minimum absolute atomic E-state index is 0.0158. The van der Waals surface area contributed by atoms with Crippen molar-refractivity contribution in [1.82, 2.24) is 19.3 Å². The van der Waals surface area contributed by atoms with Crippen LogP contribution < -0.4 is 10.2 Å². The molecular formula is C20H21F3N6O2S. The molecule has 0 saturated heterocycles. The van der Waals surface area contributed by atoms with Crippen molar-refractivity contribution in [2.24, 2.45) is 0 Å². The normalized spacial score (nSPS) is 14.5. The Morgan fingerprint density at radius 3 is 2.53 bits per heavy atom. The van der Waals surface area contributed by atoms with E-state index in [2.05, 4.69) is 20.3 Å². The molecule has 8 nitrogen and oxygen atoms in total. The zero-order valence-electron chi connectivity index (χ0n) is 17.3. The van der Waals surface area contributed by atoms with E-state index >= 15 is 0 Å². The number of anilines is 3. The number of hydrogen-bond donors (Lipinski definition) is 2. The molecule has 12 heteroatoms. The molecule has 3 aromatic rings. The minimum Gasteiger partial charge on any atom is -0.365 e. The van der Waals surface area contributed by atoms with Crippen molar-refractivity contribution in [2.75, 3.05) is 30.9 Å². The summed E-state index contributed by atoms with van der Waals surface area (Å²) < 4.78 is 66.4. The quantitative estimate of drug-likeness (QED) is 0.599. The molecule has 32 heavy (non-hydrogen) atoms. The third kappa shape index (κ3) is 4.28. The van der Waals surface area contributed by atoms with Crippen LogP contribution in [0.3, 0.4) is 0 Å². The van der Waals surface area contributed by atoms with Crippen molar-refractivity contribution in [3.05, 3.63) is 59.8 Å². The van der Waals surface area contributed by atoms with Gasteiger partial charge in [-0.15, -0.1) is 0 Å². The number of fused-ring (bicyclic) bond motifs is 1. The smallest absolute Gasteiger partial charge is 0.365 e. The van der Waals surface area contributed by atoms with Gasteiger partial charge in [0.15, 0.2) is 0 Å². The van der Waals surface area contributed by atoms with E-state index in [4.69, 9.17) is 0 Å². The molecule has 0 unspecified atom stereocenters. The maximum absolute atomic E-state index is 13.7. The Labute approximate surface area is 183 Å². The first-order valence-electron chi connectivity index (χ1n) is 9.68. The lowest BCUT2D eigenvalue weighted by molar-refractivity contribution is -0.137. The largest absolute Gasteiger partial charge is 0.419 e. The van der Waals surface area contributed by atoms with Crippen LogP contribution >= 0.6 is 0 Å². The summed E-state index contributed by atoms with van der Waals surface area (Å²) in [7, 11) is -0.714. The molecule has 1 aromatic carbocycles. The second kappa shape index (κ2) is 8.10. The van der Waals surface area contributed by atoms with Gasteiger partial charge < -0.3 is 15.2 Å². The fraction of sp³-hybridized carbons (Fsp3) is 0.300. The molecule has 0 saturated carbocycles. The molecular weight excluding hydrogens is 445 g/mol. The molecule has 0 fully saturated rings. The number of nitrogens with zero attached hydrogens (tertiary/aromatic N) is 4. The zero-order chi connectivity index (χ0) is 23.1. The Morgan fingerprint density at radius 2 is 1.88 bits per heavy atom. The van der Waals surface area contributed by atoms with Gasteiger partial charge in [0.25, 0.3) is 0 Å². The molecule has 0 bridgehead atoms. The number of aromatic nitrogens is 3. The summed E-state index contributed by atoms with van der Waals surface area (Å²) in [6.07, 6.45) is -1.68. The van der Waals surface area contributed by atoms with E-state index < -0.39 is 21.8 Å². The van der Waals surface area contributed by atoms with Crippen LogP contribution in [0, 0.1) is 0 Å². The number of rotatable bonds is 5. The number of nitrogens with one attached hydrogen (secondary N) is 2. The van der Waals surface area contributed by atoms with E-state index in [1.54, 1.807) is 11.2 Å². The summed E-state index contributed by atoms with van der Waals surface area (Å²) in [6, 6.07) is 7.27. The van der Waals surface area contributed by atoms with Crippen LogP contribution in [0.4, 0.5) is 30.4 Å². The topological polar surface area (TPSA) is 94.2 Å². The number of sulfonamides is 1. The van der Waals surface area contributed by atoms with Crippen molar-refractivity contribution < 1.29 is 21.6 Å². The summed E-state index contributed by atoms with van der Waals surface area (Å²) in [5, 5.41) is 2.95. The molecule has 0 atom stereocenters. The fourth-order valence-electron chi connectivity index (χ4n) is 3.48. The van der Waals surface area contributed by atoms with Gasteiger partial charge in [-0.05, 0) is 24.3 Å². The molecule has 2 N–H and O–H groups in total. The number of pyridine rings is 1. The van der Waals surface area contributed by atoms with Crippen LogP contribution in [-0.2, 0) is 29.2 Å². The number of H-pyrrole nitrogens is 1. The fourth-order valence-corrected chi connectivity index (χ4v) is 4.38. The number of halogens is 3. The van der Waals surface area contributed by atoms with Gasteiger partial charge in [-0.2, -0.15) is 13.2 Å². The zero-order valence-corrected chi connectivity index (χ0v) is 18.1. The molecule has 1 aliphatic rings. The number of hydrogen-bond acceptors (Lipinski definition) is 6. The Bertz CT molecular complexity index is 1220. The summed E-state index contributed by atoms with van der Waals surface area (Å²) in [6.45, 7) is 0.667. The Hall–Kier alpha value is -3.12. The summed E-state index contributed by atoms with van der Waals surface area (Å²) in [4.78, 5) is 12.8. The lowest BCUT2D eigenvalue weighted by Crippen LogP contribution is -2.32. The van der Waals surface area contributed by atoms with Gasteiger partial charge in [-0.25, -0.2) is 22.7 Å². The molecule has 170 valence electrons. The van der Waals surface area contributed by atoms with Crippen LogP contribution in [0.15, 0.2) is 47.8 Å². The van der Waals surface area contributed by atoms with Crippen LogP contribution in [0.5, 0.6) is 0 Å². The molecule has 0 radical (unpaired) electrons. The monoisotopic (exact) mass is 466 g/mol. The number of imidazole rings is 1. The van der Waals surface area contributed by atoms with E-state index in [-0.39, 0.29) is 22.9 Å². The first-order chi connectivity index (χ1) is 15.1. The molecule has 1 aliphatic heterocycles. The predicted octanol–water partition coefficient (Wildman–Crippen LogP) is 3.38. The van der Waals surface area contributed by atoms with Gasteiger partial charge in [-0.3, -0.25) is 0 Å². The maximum atomic E-state index is 13.7. The maximum Gasteiger partial charge on any atom is 0.419 e. The minimum atomic E-state index is -4.56. The van der Waals surface area contributed by atoms with E-state index in [0.717, 1.165) is 21.9 Å². The van der Waals surface area contributed by atoms with Crippen molar-refractivity contribution in [3.8, 4) is 0 Å². The first kappa shape index (κ1) is 22.1. The van der Waals surface area contributed by atoms with Crippen molar-refractivity contribution in [2.45, 2.75) is 24.0 Å². The van der Waals surface area contributed by atoms with Crippen LogP contribution in [0.25, 0.3) is 0 Å². The highest BCUT2D eigenvalue weighted by molar-refractivity contribution is 7.89. The Kier molecular flexibility index (Phi) is 5.59. The molecule has 0 spiro atoms. The van der Waals surface area contributed by atoms with E-state index in [9.17, 15) is 21.6 Å². The second-order valence-electron chi connectivity index (χ2n) is 7.52. The van der Waals surface area contributed by atoms with Gasteiger partial charge in [0.05, 0.1) is 40.4 Å². The molecule has 2 aromatic heterocycles. The highest BCUT2D eigenvalue weighted by Crippen LogP contribution is 2.39. The summed E-state index contributed by atoms with van der Waals surface area (Å²) in [5.74, 6) is 0.214. The van der Waals surface area contributed by atoms with Gasteiger partial charge in [-0.1, -0.05) is 0 Å². The van der Waals surface area contributed by atoms with E-state index in [1.165, 1.54) is 44.4 Å². The van der Waals surface area contributed by atoms with Gasteiger partial charge in [0.1, 0.15) is 5.82 Å².